The molecule has 0 radical (unpaired) electrons. The molecule has 0 aromatic heterocycles. The van der Waals surface area contributed by atoms with Gasteiger partial charge in [-0.25, -0.2) is 4.79 Å². The second-order valence-electron chi connectivity index (χ2n) is 6.04. The van der Waals surface area contributed by atoms with Crippen molar-refractivity contribution in [3.05, 3.63) is 29.3 Å². The van der Waals surface area contributed by atoms with Gasteiger partial charge in [0.2, 0.25) is 0 Å². The molecule has 0 aliphatic heterocycles. The first-order valence-corrected chi connectivity index (χ1v) is 7.64. The van der Waals surface area contributed by atoms with Crippen LogP contribution in [0.15, 0.2) is 18.2 Å². The Bertz CT molecular complexity index is 493. The predicted octanol–water partition coefficient (Wildman–Crippen LogP) is 3.14. The van der Waals surface area contributed by atoms with Crippen LogP contribution < -0.4 is 5.32 Å². The van der Waals surface area contributed by atoms with E-state index in [1.807, 2.05) is 19.1 Å². The summed E-state index contributed by atoms with van der Waals surface area (Å²) in [5, 5.41) is 13.2. The first kappa shape index (κ1) is 15.8. The van der Waals surface area contributed by atoms with Gasteiger partial charge in [-0.3, -0.25) is 0 Å². The summed E-state index contributed by atoms with van der Waals surface area (Å²) in [4.78, 5) is 11.7. The molecule has 1 aliphatic carbocycles. The van der Waals surface area contributed by atoms with Crippen LogP contribution in [0.2, 0.25) is 0 Å². The molecule has 2 N–H and O–H groups in total. The van der Waals surface area contributed by atoms with E-state index in [9.17, 15) is 9.90 Å². The third-order valence-corrected chi connectivity index (χ3v) is 4.64. The number of methoxy groups -OCH3 is 1. The minimum atomic E-state index is -0.314. The van der Waals surface area contributed by atoms with Crippen molar-refractivity contribution in [1.82, 2.24) is 0 Å². The van der Waals surface area contributed by atoms with E-state index in [-0.39, 0.29) is 18.0 Å². The van der Waals surface area contributed by atoms with Gasteiger partial charge in [0, 0.05) is 17.6 Å². The van der Waals surface area contributed by atoms with E-state index in [4.69, 9.17) is 4.74 Å². The van der Waals surface area contributed by atoms with Gasteiger partial charge >= 0.3 is 5.97 Å². The molecule has 0 bridgehead atoms. The SMILES string of the molecule is COC(=O)c1cccc(NCC2(CO)CCCCC2)c1C. The van der Waals surface area contributed by atoms with Gasteiger partial charge in [0.15, 0.2) is 0 Å². The molecule has 0 unspecified atom stereocenters. The number of carbonyl (C=O) groups excluding carboxylic acids is 1. The molecular formula is C17H25NO3. The van der Waals surface area contributed by atoms with Crippen molar-refractivity contribution in [2.45, 2.75) is 39.0 Å². The van der Waals surface area contributed by atoms with Gasteiger partial charge in [-0.2, -0.15) is 0 Å². The standard InChI is InChI=1S/C17H25NO3/c1-13-14(16(20)21-2)7-6-8-15(13)18-11-17(12-19)9-4-3-5-10-17/h6-8,18-19H,3-5,9-12H2,1-2H3. The number of hydrogen-bond acceptors (Lipinski definition) is 4. The largest absolute Gasteiger partial charge is 0.465 e. The van der Waals surface area contributed by atoms with Crippen molar-refractivity contribution in [2.75, 3.05) is 25.6 Å². The van der Waals surface area contributed by atoms with Crippen LogP contribution in [0, 0.1) is 12.3 Å². The number of anilines is 1. The number of esters is 1. The third-order valence-electron chi connectivity index (χ3n) is 4.64. The number of hydrogen-bond donors (Lipinski definition) is 2. The fourth-order valence-corrected chi connectivity index (χ4v) is 3.13. The van der Waals surface area contributed by atoms with E-state index in [1.165, 1.54) is 26.4 Å². The maximum Gasteiger partial charge on any atom is 0.338 e. The number of ether oxygens (including phenoxy) is 1. The van der Waals surface area contributed by atoms with Crippen molar-refractivity contribution >= 4 is 11.7 Å². The van der Waals surface area contributed by atoms with Crippen LogP contribution in [0.4, 0.5) is 5.69 Å². The fraction of sp³-hybridized carbons (Fsp3) is 0.588. The maximum atomic E-state index is 11.7. The Morgan fingerprint density at radius 2 is 2.05 bits per heavy atom. The normalized spacial score (nSPS) is 17.3. The molecule has 4 heteroatoms. The first-order chi connectivity index (χ1) is 10.1. The Kier molecular flexibility index (Phi) is 5.23. The molecule has 1 aromatic rings. The molecule has 0 atom stereocenters. The van der Waals surface area contributed by atoms with Crippen molar-refractivity contribution in [1.29, 1.82) is 0 Å². The number of rotatable bonds is 5. The summed E-state index contributed by atoms with van der Waals surface area (Å²) in [7, 11) is 1.39. The van der Waals surface area contributed by atoms with Crippen LogP contribution in [0.25, 0.3) is 0 Å². The molecular weight excluding hydrogens is 266 g/mol. The predicted molar refractivity (Wildman–Crippen MR) is 83.6 cm³/mol. The van der Waals surface area contributed by atoms with Crippen molar-refractivity contribution in [3.63, 3.8) is 0 Å². The van der Waals surface area contributed by atoms with Crippen LogP contribution >= 0.6 is 0 Å². The second kappa shape index (κ2) is 6.94. The number of nitrogens with one attached hydrogen (secondary N) is 1. The smallest absolute Gasteiger partial charge is 0.338 e. The Morgan fingerprint density at radius 1 is 1.33 bits per heavy atom. The minimum absolute atomic E-state index is 0.0219. The lowest BCUT2D eigenvalue weighted by atomic mass is 9.74. The zero-order valence-electron chi connectivity index (χ0n) is 12.9. The lowest BCUT2D eigenvalue weighted by Crippen LogP contribution is -2.35. The van der Waals surface area contributed by atoms with Gasteiger partial charge < -0.3 is 15.2 Å². The highest BCUT2D eigenvalue weighted by atomic mass is 16.5. The molecule has 21 heavy (non-hydrogen) atoms. The first-order valence-electron chi connectivity index (χ1n) is 7.64. The lowest BCUT2D eigenvalue weighted by Gasteiger charge is -2.36. The molecule has 1 fully saturated rings. The van der Waals surface area contributed by atoms with Gasteiger partial charge in [0.1, 0.15) is 0 Å². The number of carbonyl (C=O) groups is 1. The van der Waals surface area contributed by atoms with Gasteiger partial charge in [-0.1, -0.05) is 25.3 Å². The molecule has 1 saturated carbocycles. The highest BCUT2D eigenvalue weighted by molar-refractivity contribution is 5.92. The Labute approximate surface area is 126 Å². The average Bonchev–Trinajstić information content (AvgIpc) is 2.54. The van der Waals surface area contributed by atoms with Gasteiger partial charge in [-0.15, -0.1) is 0 Å². The molecule has 0 amide bonds. The zero-order valence-corrected chi connectivity index (χ0v) is 12.9. The Balaban J connectivity index is 2.11. The zero-order chi connectivity index (χ0) is 15.3. The van der Waals surface area contributed by atoms with E-state index in [1.54, 1.807) is 6.07 Å². The molecule has 0 spiro atoms. The van der Waals surface area contributed by atoms with Crippen LogP contribution in [-0.2, 0) is 4.74 Å². The summed E-state index contributed by atoms with van der Waals surface area (Å²) in [5.41, 5.74) is 2.40. The molecule has 1 aliphatic rings. The number of aliphatic hydroxyl groups excluding tert-OH is 1. The third kappa shape index (κ3) is 3.56. The van der Waals surface area contributed by atoms with Gasteiger partial charge in [0.25, 0.3) is 0 Å². The van der Waals surface area contributed by atoms with E-state index in [2.05, 4.69) is 5.32 Å². The summed E-state index contributed by atoms with van der Waals surface area (Å²) < 4.78 is 4.80. The summed E-state index contributed by atoms with van der Waals surface area (Å²) in [6.07, 6.45) is 5.75. The van der Waals surface area contributed by atoms with E-state index < -0.39 is 0 Å². The van der Waals surface area contributed by atoms with Crippen LogP contribution in [-0.4, -0.2) is 31.3 Å². The minimum Gasteiger partial charge on any atom is -0.465 e. The average molecular weight is 291 g/mol. The van der Waals surface area contributed by atoms with E-state index >= 15 is 0 Å². The number of benzene rings is 1. The molecule has 4 nitrogen and oxygen atoms in total. The van der Waals surface area contributed by atoms with E-state index in [0.29, 0.717) is 5.56 Å². The fourth-order valence-electron chi connectivity index (χ4n) is 3.13. The van der Waals surface area contributed by atoms with Gasteiger partial charge in [-0.05, 0) is 37.5 Å². The topological polar surface area (TPSA) is 58.6 Å². The molecule has 1 aromatic carbocycles. The molecule has 2 rings (SSSR count). The summed E-state index contributed by atoms with van der Waals surface area (Å²) >= 11 is 0. The van der Waals surface area contributed by atoms with Crippen molar-refractivity contribution in [3.8, 4) is 0 Å². The Hall–Kier alpha value is -1.55. The van der Waals surface area contributed by atoms with Crippen molar-refractivity contribution < 1.29 is 14.6 Å². The Morgan fingerprint density at radius 3 is 2.67 bits per heavy atom. The van der Waals surface area contributed by atoms with E-state index in [0.717, 1.165) is 30.6 Å². The summed E-state index contributed by atoms with van der Waals surface area (Å²) in [6.45, 7) is 2.88. The molecule has 116 valence electrons. The summed E-state index contributed by atoms with van der Waals surface area (Å²) in [5.74, 6) is -0.314. The number of aliphatic hydroxyl groups is 1. The molecule has 0 heterocycles. The quantitative estimate of drug-likeness (QED) is 0.818. The second-order valence-corrected chi connectivity index (χ2v) is 6.04. The lowest BCUT2D eigenvalue weighted by molar-refractivity contribution is 0.0600. The van der Waals surface area contributed by atoms with Crippen LogP contribution in [0.1, 0.15) is 48.0 Å². The summed E-state index contributed by atoms with van der Waals surface area (Å²) in [6, 6.07) is 5.60. The highest BCUT2D eigenvalue weighted by Gasteiger charge is 2.31. The van der Waals surface area contributed by atoms with Crippen LogP contribution in [0.3, 0.4) is 0 Å². The molecule has 0 saturated heterocycles. The van der Waals surface area contributed by atoms with Gasteiger partial charge in [0.05, 0.1) is 19.3 Å². The maximum absolute atomic E-state index is 11.7. The van der Waals surface area contributed by atoms with Crippen molar-refractivity contribution in [2.24, 2.45) is 5.41 Å². The highest BCUT2D eigenvalue weighted by Crippen LogP contribution is 2.36. The van der Waals surface area contributed by atoms with Crippen LogP contribution in [0.5, 0.6) is 0 Å². The monoisotopic (exact) mass is 291 g/mol.